The predicted molar refractivity (Wildman–Crippen MR) is 76.1 cm³/mol. The van der Waals surface area contributed by atoms with Gasteiger partial charge in [0.25, 0.3) is 0 Å². The first-order valence-electron chi connectivity index (χ1n) is 6.41. The van der Waals surface area contributed by atoms with Crippen molar-refractivity contribution in [2.75, 3.05) is 6.54 Å². The van der Waals surface area contributed by atoms with Gasteiger partial charge < -0.3 is 10.2 Å². The van der Waals surface area contributed by atoms with Gasteiger partial charge in [0.2, 0.25) is 11.8 Å². The standard InChI is InChI=1S/C14H20N2O2S/c1-8-6-11(10(3)19-8)9(2)16-7-12(17)15-14(4,5)13(16)18/h6,9H,7H2,1-5H3,(H,15,17). The number of piperazine rings is 1. The van der Waals surface area contributed by atoms with Gasteiger partial charge in [0.15, 0.2) is 0 Å². The molecule has 1 atom stereocenters. The van der Waals surface area contributed by atoms with Gasteiger partial charge in [-0.15, -0.1) is 11.3 Å². The van der Waals surface area contributed by atoms with E-state index in [2.05, 4.69) is 25.2 Å². The summed E-state index contributed by atoms with van der Waals surface area (Å²) in [5.41, 5.74) is 0.323. The summed E-state index contributed by atoms with van der Waals surface area (Å²) in [5.74, 6) is -0.121. The number of carbonyl (C=O) groups excluding carboxylic acids is 2. The molecule has 104 valence electrons. The van der Waals surface area contributed by atoms with Gasteiger partial charge in [-0.2, -0.15) is 0 Å². The monoisotopic (exact) mass is 280 g/mol. The Hall–Kier alpha value is -1.36. The van der Waals surface area contributed by atoms with Gasteiger partial charge in [0, 0.05) is 9.75 Å². The molecule has 2 rings (SSSR count). The summed E-state index contributed by atoms with van der Waals surface area (Å²) >= 11 is 1.72. The lowest BCUT2D eigenvalue weighted by Crippen LogP contribution is -2.64. The number of nitrogens with zero attached hydrogens (tertiary/aromatic N) is 1. The fourth-order valence-corrected chi connectivity index (χ4v) is 3.59. The van der Waals surface area contributed by atoms with Gasteiger partial charge >= 0.3 is 0 Å². The molecular formula is C14H20N2O2S. The molecule has 1 fully saturated rings. The van der Waals surface area contributed by atoms with Crippen LogP contribution in [0.4, 0.5) is 0 Å². The predicted octanol–water partition coefficient (Wildman–Crippen LogP) is 2.16. The average molecular weight is 280 g/mol. The molecule has 0 saturated carbocycles. The van der Waals surface area contributed by atoms with Crippen LogP contribution in [-0.4, -0.2) is 28.8 Å². The molecule has 19 heavy (non-hydrogen) atoms. The van der Waals surface area contributed by atoms with E-state index in [1.165, 1.54) is 9.75 Å². The highest BCUT2D eigenvalue weighted by Crippen LogP contribution is 2.31. The van der Waals surface area contributed by atoms with Gasteiger partial charge in [-0.05, 0) is 46.2 Å². The molecule has 1 aromatic heterocycles. The summed E-state index contributed by atoms with van der Waals surface area (Å²) in [5, 5.41) is 2.73. The maximum Gasteiger partial charge on any atom is 0.248 e. The lowest BCUT2D eigenvalue weighted by atomic mass is 9.97. The minimum atomic E-state index is -0.817. The Labute approximate surface area is 117 Å². The molecule has 0 aromatic carbocycles. The third-order valence-corrected chi connectivity index (χ3v) is 4.54. The first-order valence-corrected chi connectivity index (χ1v) is 7.23. The second kappa shape index (κ2) is 4.63. The van der Waals surface area contributed by atoms with Crippen molar-refractivity contribution in [3.63, 3.8) is 0 Å². The smallest absolute Gasteiger partial charge is 0.248 e. The van der Waals surface area contributed by atoms with Crippen LogP contribution in [-0.2, 0) is 9.59 Å². The minimum Gasteiger partial charge on any atom is -0.341 e. The zero-order valence-corrected chi connectivity index (χ0v) is 12.9. The largest absolute Gasteiger partial charge is 0.341 e. The van der Waals surface area contributed by atoms with Crippen molar-refractivity contribution in [2.24, 2.45) is 0 Å². The van der Waals surface area contributed by atoms with Crippen molar-refractivity contribution in [1.82, 2.24) is 10.2 Å². The molecule has 0 radical (unpaired) electrons. The minimum absolute atomic E-state index is 0.0251. The van der Waals surface area contributed by atoms with Crippen molar-refractivity contribution in [2.45, 2.75) is 46.2 Å². The Morgan fingerprint density at radius 3 is 2.53 bits per heavy atom. The van der Waals surface area contributed by atoms with Crippen molar-refractivity contribution in [1.29, 1.82) is 0 Å². The highest BCUT2D eigenvalue weighted by molar-refractivity contribution is 7.12. The molecule has 2 amide bonds. The Morgan fingerprint density at radius 1 is 1.37 bits per heavy atom. The van der Waals surface area contributed by atoms with Crippen LogP contribution in [0.3, 0.4) is 0 Å². The number of thiophene rings is 1. The van der Waals surface area contributed by atoms with Crippen LogP contribution in [0, 0.1) is 13.8 Å². The van der Waals surface area contributed by atoms with Crippen LogP contribution in [0.2, 0.25) is 0 Å². The summed E-state index contributed by atoms with van der Waals surface area (Å²) in [4.78, 5) is 28.3. The van der Waals surface area contributed by atoms with Crippen LogP contribution in [0.15, 0.2) is 6.07 Å². The van der Waals surface area contributed by atoms with Gasteiger partial charge in [-0.3, -0.25) is 9.59 Å². The Balaban J connectivity index is 2.32. The van der Waals surface area contributed by atoms with Crippen molar-refractivity contribution in [3.8, 4) is 0 Å². The highest BCUT2D eigenvalue weighted by Gasteiger charge is 2.41. The van der Waals surface area contributed by atoms with E-state index in [-0.39, 0.29) is 24.4 Å². The van der Waals surface area contributed by atoms with Gasteiger partial charge in [-0.1, -0.05) is 0 Å². The van der Waals surface area contributed by atoms with Gasteiger partial charge in [-0.25, -0.2) is 0 Å². The van der Waals surface area contributed by atoms with Crippen LogP contribution in [0.1, 0.15) is 42.1 Å². The zero-order valence-electron chi connectivity index (χ0n) is 12.0. The lowest BCUT2D eigenvalue weighted by Gasteiger charge is -2.40. The topological polar surface area (TPSA) is 49.4 Å². The molecule has 1 aromatic rings. The van der Waals surface area contributed by atoms with E-state index in [9.17, 15) is 9.59 Å². The summed E-state index contributed by atoms with van der Waals surface area (Å²) in [6, 6.07) is 2.04. The van der Waals surface area contributed by atoms with Gasteiger partial charge in [0.05, 0.1) is 6.04 Å². The van der Waals surface area contributed by atoms with E-state index in [0.717, 1.165) is 5.56 Å². The van der Waals surface area contributed by atoms with E-state index < -0.39 is 5.54 Å². The lowest BCUT2D eigenvalue weighted by molar-refractivity contribution is -0.150. The van der Waals surface area contributed by atoms with Crippen molar-refractivity contribution >= 4 is 23.2 Å². The Morgan fingerprint density at radius 2 is 2.00 bits per heavy atom. The van der Waals surface area contributed by atoms with E-state index in [1.54, 1.807) is 30.1 Å². The number of hydrogen-bond acceptors (Lipinski definition) is 3. The molecular weight excluding hydrogens is 260 g/mol. The maximum atomic E-state index is 12.4. The normalized spacial score (nSPS) is 20.4. The summed E-state index contributed by atoms with van der Waals surface area (Å²) < 4.78 is 0. The first-order chi connectivity index (χ1) is 8.72. The molecule has 5 heteroatoms. The number of nitrogens with one attached hydrogen (secondary N) is 1. The second-order valence-corrected chi connectivity index (χ2v) is 7.11. The third kappa shape index (κ3) is 2.52. The van der Waals surface area contributed by atoms with Crippen LogP contribution >= 0.6 is 11.3 Å². The molecule has 0 bridgehead atoms. The van der Waals surface area contributed by atoms with E-state index in [4.69, 9.17) is 0 Å². The Bertz CT molecular complexity index is 534. The zero-order chi connectivity index (χ0) is 14.4. The van der Waals surface area contributed by atoms with E-state index >= 15 is 0 Å². The van der Waals surface area contributed by atoms with Crippen LogP contribution in [0.5, 0.6) is 0 Å². The van der Waals surface area contributed by atoms with Crippen LogP contribution < -0.4 is 5.32 Å². The SMILES string of the molecule is Cc1cc(C(C)N2CC(=O)NC(C)(C)C2=O)c(C)s1. The number of hydrogen-bond donors (Lipinski definition) is 1. The Kier molecular flexibility index (Phi) is 3.43. The highest BCUT2D eigenvalue weighted by atomic mass is 32.1. The fourth-order valence-electron chi connectivity index (χ4n) is 2.57. The first kappa shape index (κ1) is 14.1. The van der Waals surface area contributed by atoms with E-state index in [0.29, 0.717) is 0 Å². The van der Waals surface area contributed by atoms with Crippen molar-refractivity contribution < 1.29 is 9.59 Å². The van der Waals surface area contributed by atoms with Gasteiger partial charge in [0.1, 0.15) is 12.1 Å². The number of carbonyl (C=O) groups is 2. The quantitative estimate of drug-likeness (QED) is 0.902. The molecule has 1 aliphatic heterocycles. The third-order valence-electron chi connectivity index (χ3n) is 3.56. The number of amides is 2. The fraction of sp³-hybridized carbons (Fsp3) is 0.571. The molecule has 1 saturated heterocycles. The molecule has 2 heterocycles. The summed E-state index contributed by atoms with van der Waals surface area (Å²) in [7, 11) is 0. The summed E-state index contributed by atoms with van der Waals surface area (Å²) in [6.07, 6.45) is 0. The molecule has 0 spiro atoms. The number of rotatable bonds is 2. The molecule has 0 aliphatic carbocycles. The molecule has 1 N–H and O–H groups in total. The summed E-state index contributed by atoms with van der Waals surface area (Å²) in [6.45, 7) is 9.74. The number of aryl methyl sites for hydroxylation is 2. The van der Waals surface area contributed by atoms with Crippen LogP contribution in [0.25, 0.3) is 0 Å². The maximum absolute atomic E-state index is 12.4. The van der Waals surface area contributed by atoms with E-state index in [1.807, 2.05) is 6.92 Å². The molecule has 1 unspecified atom stereocenters. The van der Waals surface area contributed by atoms with Crippen molar-refractivity contribution in [3.05, 3.63) is 21.4 Å². The second-order valence-electron chi connectivity index (χ2n) is 5.65. The molecule has 4 nitrogen and oxygen atoms in total. The molecule has 1 aliphatic rings. The average Bonchev–Trinajstić information content (AvgIpc) is 2.61.